The fourth-order valence-electron chi connectivity index (χ4n) is 7.28. The molecule has 4 bridgehead atoms. The van der Waals surface area contributed by atoms with E-state index in [0.717, 1.165) is 16.0 Å². The minimum atomic E-state index is -1.76. The monoisotopic (exact) mass is 921 g/mol. The number of halogens is 1. The second-order valence-corrected chi connectivity index (χ2v) is 16.2. The average Bonchev–Trinajstić information content (AvgIpc) is 3.29. The van der Waals surface area contributed by atoms with Gasteiger partial charge in [0.1, 0.15) is 36.2 Å². The van der Waals surface area contributed by atoms with Crippen molar-refractivity contribution < 1.29 is 38.6 Å². The highest BCUT2D eigenvalue weighted by molar-refractivity contribution is 6.30. The molecule has 0 saturated heterocycles. The van der Waals surface area contributed by atoms with Gasteiger partial charge in [-0.1, -0.05) is 53.8 Å². The van der Waals surface area contributed by atoms with Crippen LogP contribution in [0.25, 0.3) is 22.3 Å². The van der Waals surface area contributed by atoms with Crippen molar-refractivity contribution in [2.45, 2.75) is 69.9 Å². The molecule has 5 rings (SSSR count). The van der Waals surface area contributed by atoms with Gasteiger partial charge in [0.15, 0.2) is 11.9 Å². The molecule has 1 aliphatic heterocycles. The zero-order valence-corrected chi connectivity index (χ0v) is 37.7. The fraction of sp³-hybridized carbons (Fsp3) is 0.333. The van der Waals surface area contributed by atoms with Gasteiger partial charge < -0.3 is 58.9 Å². The number of phenols is 1. The van der Waals surface area contributed by atoms with Gasteiger partial charge in [0, 0.05) is 41.7 Å². The van der Waals surface area contributed by atoms with E-state index in [1.807, 2.05) is 12.1 Å². The summed E-state index contributed by atoms with van der Waals surface area (Å²) in [5.41, 5.74) is 27.0. The van der Waals surface area contributed by atoms with Crippen molar-refractivity contribution in [3.8, 4) is 45.6 Å². The molecule has 17 nitrogen and oxygen atoms in total. The third-order valence-corrected chi connectivity index (χ3v) is 11.2. The number of nitrogens with two attached hydrogens (primary N) is 4. The van der Waals surface area contributed by atoms with Crippen LogP contribution in [0.2, 0.25) is 5.02 Å². The molecule has 1 aliphatic rings. The molecule has 13 N–H and O–H groups in total. The Labute approximate surface area is 388 Å². The summed E-state index contributed by atoms with van der Waals surface area (Å²) in [6.45, 7) is 3.15. The number of phenolic OH excluding ortho intramolecular Hbond substituents is 1. The number of carbonyl (C=O) groups is 6. The zero-order valence-electron chi connectivity index (χ0n) is 37.0. The highest BCUT2D eigenvalue weighted by atomic mass is 35.5. The lowest BCUT2D eigenvalue weighted by atomic mass is 9.91. The van der Waals surface area contributed by atoms with Crippen molar-refractivity contribution in [1.29, 1.82) is 0 Å². The molecule has 0 spiro atoms. The standard InChI is InChI=1S/C48H56ClN9O8/c1-27(28(2)59)54-45(62)39-24-29-9-18-40(60)36(23-29)37-26-34(25-33(7-6-20-51)42(37)66-22-21-52)41(46(63)57-43(53)47(64)56-39)58(3)48(65)38(8-4-5-19-50)55-44(61)32-12-10-30(11-13-32)31-14-16-35(49)17-15-31/h9-18,23,25-27,38-39,41,43,60H,4-5,8,19-22,24,50-53H2,1-3H3,(H,54,62)(H,55,61)(H,56,64)(H,57,63)/t27-,38-,39-,41?,43+/m0/s1. The first-order valence-corrected chi connectivity index (χ1v) is 21.8. The number of aromatic hydroxyl groups is 1. The first-order valence-electron chi connectivity index (χ1n) is 21.4. The average molecular weight is 922 g/mol. The van der Waals surface area contributed by atoms with Gasteiger partial charge >= 0.3 is 0 Å². The summed E-state index contributed by atoms with van der Waals surface area (Å²) >= 11 is 6.06. The Morgan fingerprint density at radius 1 is 0.894 bits per heavy atom. The lowest BCUT2D eigenvalue weighted by molar-refractivity contribution is -0.142. The number of unbranched alkanes of at least 4 members (excludes halogenated alkanes) is 1. The van der Waals surface area contributed by atoms with Crippen molar-refractivity contribution >= 4 is 46.9 Å². The highest BCUT2D eigenvalue weighted by Gasteiger charge is 2.37. The SMILES string of the molecule is CC(=O)[C@H](C)NC(=O)[C@@H]1Cc2ccc(O)c(c2)-c2cc(cc(C#CCN)c2OCCN)C(N(C)C(=O)[C@H](CCCCN)NC(=O)c2ccc(-c3ccc(Cl)cc3)cc2)C(=O)N[C@@H](N)C(=O)N1. The summed E-state index contributed by atoms with van der Waals surface area (Å²) in [5.74, 6) is 1.53. The van der Waals surface area contributed by atoms with Gasteiger partial charge in [0.25, 0.3) is 11.8 Å². The van der Waals surface area contributed by atoms with E-state index < -0.39 is 59.9 Å². The second-order valence-electron chi connectivity index (χ2n) is 15.8. The normalized spacial score (nSPS) is 16.8. The molecule has 5 amide bonds. The number of ketones is 1. The Morgan fingerprint density at radius 3 is 2.21 bits per heavy atom. The molecule has 0 fully saturated rings. The van der Waals surface area contributed by atoms with Crippen LogP contribution in [0.3, 0.4) is 0 Å². The third-order valence-electron chi connectivity index (χ3n) is 10.9. The van der Waals surface area contributed by atoms with E-state index in [2.05, 4.69) is 33.1 Å². The maximum atomic E-state index is 14.8. The van der Waals surface area contributed by atoms with Gasteiger partial charge in [-0.2, -0.15) is 0 Å². The number of rotatable bonds is 15. The van der Waals surface area contributed by atoms with Crippen LogP contribution in [0, 0.1) is 11.8 Å². The number of hydrogen-bond donors (Lipinski definition) is 9. The number of hydrogen-bond acceptors (Lipinski definition) is 12. The third kappa shape index (κ3) is 12.7. The molecule has 0 aliphatic carbocycles. The molecule has 5 atom stereocenters. The van der Waals surface area contributed by atoms with E-state index in [1.165, 1.54) is 39.1 Å². The minimum absolute atomic E-state index is 0.0118. The lowest BCUT2D eigenvalue weighted by Crippen LogP contribution is -2.60. The Morgan fingerprint density at radius 2 is 1.58 bits per heavy atom. The molecule has 1 unspecified atom stereocenters. The van der Waals surface area contributed by atoms with Gasteiger partial charge in [-0.05, 0) is 110 Å². The van der Waals surface area contributed by atoms with Gasteiger partial charge in [-0.3, -0.25) is 28.8 Å². The number of fused-ring (bicyclic) bond motifs is 5. The predicted molar refractivity (Wildman–Crippen MR) is 251 cm³/mol. The molecule has 0 radical (unpaired) electrons. The molecule has 18 heteroatoms. The summed E-state index contributed by atoms with van der Waals surface area (Å²) in [7, 11) is 1.36. The number of nitrogens with one attached hydrogen (secondary N) is 4. The van der Waals surface area contributed by atoms with E-state index in [4.69, 9.17) is 39.3 Å². The van der Waals surface area contributed by atoms with Crippen LogP contribution in [0.5, 0.6) is 11.5 Å². The Kier molecular flexibility index (Phi) is 17.8. The van der Waals surface area contributed by atoms with Crippen LogP contribution in [-0.4, -0.2) is 103 Å². The molecule has 0 saturated carbocycles. The molecule has 4 aromatic rings. The van der Waals surface area contributed by atoms with E-state index >= 15 is 0 Å². The largest absolute Gasteiger partial charge is 0.507 e. The van der Waals surface area contributed by atoms with Gasteiger partial charge in [0.2, 0.25) is 17.7 Å². The summed E-state index contributed by atoms with van der Waals surface area (Å²) in [5, 5.41) is 22.5. The van der Waals surface area contributed by atoms with Crippen molar-refractivity contribution in [2.24, 2.45) is 22.9 Å². The van der Waals surface area contributed by atoms with Crippen LogP contribution < -0.4 is 48.9 Å². The number of nitrogens with zero attached hydrogens (tertiary/aromatic N) is 1. The van der Waals surface area contributed by atoms with E-state index in [1.54, 1.807) is 48.5 Å². The number of amides is 5. The molecule has 0 aromatic heterocycles. The molecular formula is C48H56ClN9O8. The summed E-state index contributed by atoms with van der Waals surface area (Å²) < 4.78 is 6.16. The molecule has 1 heterocycles. The van der Waals surface area contributed by atoms with Crippen molar-refractivity contribution in [3.05, 3.63) is 106 Å². The van der Waals surface area contributed by atoms with Crippen molar-refractivity contribution in [2.75, 3.05) is 33.3 Å². The van der Waals surface area contributed by atoms with Crippen molar-refractivity contribution in [1.82, 2.24) is 26.2 Å². The number of Topliss-reactive ketones (excluding diaryl/α,β-unsaturated/α-hetero) is 1. The van der Waals surface area contributed by atoms with E-state index in [9.17, 15) is 33.9 Å². The van der Waals surface area contributed by atoms with Crippen LogP contribution in [0.1, 0.15) is 66.2 Å². The van der Waals surface area contributed by atoms with Gasteiger partial charge in [0.05, 0.1) is 18.2 Å². The molecule has 348 valence electrons. The topological polar surface area (TPSA) is 287 Å². The highest BCUT2D eigenvalue weighted by Crippen LogP contribution is 2.42. The Balaban J connectivity index is 1.64. The van der Waals surface area contributed by atoms with Gasteiger partial charge in [-0.15, -0.1) is 0 Å². The molecule has 66 heavy (non-hydrogen) atoms. The summed E-state index contributed by atoms with van der Waals surface area (Å²) in [6, 6.07) is 16.6. The zero-order chi connectivity index (χ0) is 48.1. The quantitative estimate of drug-likeness (QED) is 0.0612. The van der Waals surface area contributed by atoms with E-state index in [0.29, 0.717) is 30.0 Å². The summed E-state index contributed by atoms with van der Waals surface area (Å²) in [4.78, 5) is 84.0. The number of benzene rings is 4. The first-order chi connectivity index (χ1) is 31.6. The first kappa shape index (κ1) is 50.2. The number of likely N-dealkylation sites (N-methyl/N-ethyl adjacent to an activating group) is 1. The second kappa shape index (κ2) is 23.4. The maximum Gasteiger partial charge on any atom is 0.258 e. The van der Waals surface area contributed by atoms with E-state index in [-0.39, 0.29) is 77.6 Å². The van der Waals surface area contributed by atoms with Gasteiger partial charge in [-0.25, -0.2) is 0 Å². The Bertz CT molecular complexity index is 2490. The Hall–Kier alpha value is -6.81. The van der Waals surface area contributed by atoms with Crippen LogP contribution in [0.15, 0.2) is 78.9 Å². The minimum Gasteiger partial charge on any atom is -0.507 e. The van der Waals surface area contributed by atoms with Crippen LogP contribution >= 0.6 is 11.6 Å². The maximum absolute atomic E-state index is 14.8. The van der Waals surface area contributed by atoms with Crippen LogP contribution in [0.4, 0.5) is 0 Å². The fourth-order valence-corrected chi connectivity index (χ4v) is 7.41. The molecular weight excluding hydrogens is 866 g/mol. The number of ether oxygens (including phenoxy) is 1. The summed E-state index contributed by atoms with van der Waals surface area (Å²) in [6.07, 6.45) is -0.801. The lowest BCUT2D eigenvalue weighted by Gasteiger charge is -2.33. The molecule has 4 aromatic carbocycles. The van der Waals surface area contributed by atoms with Crippen molar-refractivity contribution in [3.63, 3.8) is 0 Å². The number of carbonyl (C=O) groups excluding carboxylic acids is 6. The predicted octanol–water partition coefficient (Wildman–Crippen LogP) is 1.99. The van der Waals surface area contributed by atoms with Crippen LogP contribution in [-0.2, 0) is 30.4 Å². The smallest absolute Gasteiger partial charge is 0.258 e.